The van der Waals surface area contributed by atoms with Gasteiger partial charge in [0.15, 0.2) is 0 Å². The van der Waals surface area contributed by atoms with Gasteiger partial charge in [-0.25, -0.2) is 4.98 Å². The molecule has 11 rings (SSSR count). The molecule has 0 amide bonds. The van der Waals surface area contributed by atoms with E-state index >= 15 is 0 Å². The molecule has 250 valence electrons. The molecular weight excluding hydrogens is 653 g/mol. The molecule has 0 N–H and O–H groups in total. The fourth-order valence-electron chi connectivity index (χ4n) is 8.69. The first-order chi connectivity index (χ1) is 26.8. The number of fused-ring (bicyclic) bond motifs is 7. The molecule has 0 fully saturated rings. The summed E-state index contributed by atoms with van der Waals surface area (Å²) in [7, 11) is 0. The number of hydrogen-bond acceptors (Lipinski definition) is 2. The third-order valence-electron chi connectivity index (χ3n) is 11.1. The van der Waals surface area contributed by atoms with Gasteiger partial charge in [0.25, 0.3) is 0 Å². The van der Waals surface area contributed by atoms with Crippen LogP contribution in [0.25, 0.3) is 110 Å². The van der Waals surface area contributed by atoms with Crippen LogP contribution in [-0.2, 0) is 0 Å². The second kappa shape index (κ2) is 12.2. The van der Waals surface area contributed by atoms with Crippen molar-refractivity contribution in [1.29, 1.82) is 0 Å². The summed E-state index contributed by atoms with van der Waals surface area (Å²) in [6.45, 7) is 0. The first kappa shape index (κ1) is 30.5. The van der Waals surface area contributed by atoms with Gasteiger partial charge in [-0.1, -0.05) is 158 Å². The molecule has 0 aliphatic heterocycles. The van der Waals surface area contributed by atoms with Crippen LogP contribution in [0.15, 0.2) is 194 Å². The average molecular weight is 685 g/mol. The fraction of sp³-hybridized carbons (Fsp3) is 0. The van der Waals surface area contributed by atoms with Gasteiger partial charge in [-0.05, 0) is 106 Å². The van der Waals surface area contributed by atoms with Gasteiger partial charge in [0.1, 0.15) is 0 Å². The molecule has 0 radical (unpaired) electrons. The third-order valence-corrected chi connectivity index (χ3v) is 11.1. The highest BCUT2D eigenvalue weighted by molar-refractivity contribution is 6.25. The second-order valence-electron chi connectivity index (χ2n) is 14.1. The minimum Gasteiger partial charge on any atom is -0.256 e. The fourth-order valence-corrected chi connectivity index (χ4v) is 8.69. The molecule has 2 heteroatoms. The molecule has 0 saturated carbocycles. The Morgan fingerprint density at radius 2 is 0.815 bits per heavy atom. The van der Waals surface area contributed by atoms with Gasteiger partial charge >= 0.3 is 0 Å². The highest BCUT2D eigenvalue weighted by Crippen LogP contribution is 2.47. The minimum absolute atomic E-state index is 0.931. The molecule has 2 nitrogen and oxygen atoms in total. The van der Waals surface area contributed by atoms with E-state index in [0.29, 0.717) is 0 Å². The Morgan fingerprint density at radius 1 is 0.296 bits per heavy atom. The molecule has 0 atom stereocenters. The molecule has 2 aromatic heterocycles. The summed E-state index contributed by atoms with van der Waals surface area (Å²) in [6.07, 6.45) is 1.86. The normalized spacial score (nSPS) is 11.7. The van der Waals surface area contributed by atoms with Gasteiger partial charge in [0.05, 0.1) is 16.9 Å². The summed E-state index contributed by atoms with van der Waals surface area (Å²) >= 11 is 0. The van der Waals surface area contributed by atoms with E-state index in [-0.39, 0.29) is 0 Å². The lowest BCUT2D eigenvalue weighted by Gasteiger charge is -2.20. The molecule has 54 heavy (non-hydrogen) atoms. The van der Waals surface area contributed by atoms with Crippen LogP contribution in [0.3, 0.4) is 0 Å². The van der Waals surface area contributed by atoms with Gasteiger partial charge in [0, 0.05) is 22.7 Å². The van der Waals surface area contributed by atoms with Gasteiger partial charge in [0.2, 0.25) is 0 Å². The van der Waals surface area contributed by atoms with Crippen LogP contribution in [-0.4, -0.2) is 9.97 Å². The zero-order valence-corrected chi connectivity index (χ0v) is 29.4. The lowest BCUT2D eigenvalue weighted by molar-refractivity contribution is 1.33. The molecule has 11 aromatic rings. The molecular formula is C52H32N2. The Hall–Kier alpha value is -7.16. The third kappa shape index (κ3) is 4.74. The van der Waals surface area contributed by atoms with Crippen molar-refractivity contribution in [1.82, 2.24) is 9.97 Å². The Labute approximate surface area is 312 Å². The summed E-state index contributed by atoms with van der Waals surface area (Å²) in [4.78, 5) is 10.1. The smallest absolute Gasteiger partial charge is 0.0716 e. The monoisotopic (exact) mass is 684 g/mol. The van der Waals surface area contributed by atoms with Crippen LogP contribution in [0.5, 0.6) is 0 Å². The lowest BCUT2D eigenvalue weighted by atomic mass is 9.83. The molecule has 2 heterocycles. The van der Waals surface area contributed by atoms with Crippen LogP contribution in [0.1, 0.15) is 0 Å². The SMILES string of the molecule is c1cc(-c2ccc3c(-c4cccc5ccccc45)c4ccccc4c(-c4cccc5ccccc45)c3c2)nc(-c2cc3ncccc3c3ccccc23)c1. The number of nitrogens with zero attached hydrogens (tertiary/aromatic N) is 2. The van der Waals surface area contributed by atoms with Gasteiger partial charge in [-0.15, -0.1) is 0 Å². The maximum Gasteiger partial charge on any atom is 0.0716 e. The van der Waals surface area contributed by atoms with Crippen molar-refractivity contribution in [3.8, 4) is 44.8 Å². The molecule has 0 aliphatic carbocycles. The topological polar surface area (TPSA) is 25.8 Å². The number of benzene rings is 9. The van der Waals surface area contributed by atoms with Crippen molar-refractivity contribution in [2.24, 2.45) is 0 Å². The van der Waals surface area contributed by atoms with Gasteiger partial charge in [-0.2, -0.15) is 0 Å². The largest absolute Gasteiger partial charge is 0.256 e. The Bertz CT molecular complexity index is 3280. The van der Waals surface area contributed by atoms with E-state index in [1.807, 2.05) is 12.3 Å². The molecule has 0 bridgehead atoms. The number of hydrogen-bond donors (Lipinski definition) is 0. The summed E-state index contributed by atoms with van der Waals surface area (Å²) in [5.74, 6) is 0. The van der Waals surface area contributed by atoms with Crippen LogP contribution < -0.4 is 0 Å². The number of pyridine rings is 2. The maximum absolute atomic E-state index is 5.39. The zero-order chi connectivity index (χ0) is 35.6. The summed E-state index contributed by atoms with van der Waals surface area (Å²) in [5.41, 5.74) is 9.96. The highest BCUT2D eigenvalue weighted by atomic mass is 14.7. The van der Waals surface area contributed by atoms with Gasteiger partial charge < -0.3 is 0 Å². The van der Waals surface area contributed by atoms with Crippen LogP contribution in [0, 0.1) is 0 Å². The Morgan fingerprint density at radius 3 is 1.52 bits per heavy atom. The lowest BCUT2D eigenvalue weighted by Crippen LogP contribution is -1.94. The van der Waals surface area contributed by atoms with E-state index in [1.165, 1.54) is 76.1 Å². The van der Waals surface area contributed by atoms with Crippen LogP contribution in [0.4, 0.5) is 0 Å². The summed E-state index contributed by atoms with van der Waals surface area (Å²) in [5, 5.41) is 13.4. The predicted octanol–water partition coefficient (Wildman–Crippen LogP) is 14.1. The van der Waals surface area contributed by atoms with Crippen molar-refractivity contribution >= 4 is 64.8 Å². The van der Waals surface area contributed by atoms with Crippen molar-refractivity contribution in [2.75, 3.05) is 0 Å². The molecule has 0 unspecified atom stereocenters. The van der Waals surface area contributed by atoms with E-state index in [1.54, 1.807) is 0 Å². The summed E-state index contributed by atoms with van der Waals surface area (Å²) in [6, 6.07) is 68.0. The van der Waals surface area contributed by atoms with Crippen molar-refractivity contribution < 1.29 is 0 Å². The van der Waals surface area contributed by atoms with E-state index in [0.717, 1.165) is 33.4 Å². The summed E-state index contributed by atoms with van der Waals surface area (Å²) < 4.78 is 0. The molecule has 0 aliphatic rings. The van der Waals surface area contributed by atoms with Crippen molar-refractivity contribution in [2.45, 2.75) is 0 Å². The van der Waals surface area contributed by atoms with Crippen LogP contribution >= 0.6 is 0 Å². The first-order valence-electron chi connectivity index (χ1n) is 18.5. The van der Waals surface area contributed by atoms with Gasteiger partial charge in [-0.3, -0.25) is 4.98 Å². The van der Waals surface area contributed by atoms with Crippen LogP contribution in [0.2, 0.25) is 0 Å². The quantitative estimate of drug-likeness (QED) is 0.136. The van der Waals surface area contributed by atoms with E-state index in [4.69, 9.17) is 9.97 Å². The van der Waals surface area contributed by atoms with E-state index in [9.17, 15) is 0 Å². The molecule has 0 spiro atoms. The number of rotatable bonds is 4. The number of aromatic nitrogens is 2. The molecule has 0 saturated heterocycles. The highest BCUT2D eigenvalue weighted by Gasteiger charge is 2.20. The molecule has 9 aromatic carbocycles. The van der Waals surface area contributed by atoms with Crippen molar-refractivity contribution in [3.63, 3.8) is 0 Å². The standard InChI is InChI=1S/C52H32N2/c1-3-17-36-33(13-1)15-9-23-41(36)51-43-21-7-8-22-44(43)52(42-24-10-16-34-14-2-4-18-37(34)42)47-31-35(28-29-45(47)51)48-26-11-27-49(54-48)46-32-50-40(25-12-30-53-50)38-19-5-6-20-39(38)46/h1-32H. The second-order valence-corrected chi connectivity index (χ2v) is 14.1. The van der Waals surface area contributed by atoms with E-state index in [2.05, 4.69) is 182 Å². The average Bonchev–Trinajstić information content (AvgIpc) is 3.25. The zero-order valence-electron chi connectivity index (χ0n) is 29.4. The van der Waals surface area contributed by atoms with E-state index < -0.39 is 0 Å². The predicted molar refractivity (Wildman–Crippen MR) is 229 cm³/mol. The first-order valence-corrected chi connectivity index (χ1v) is 18.5. The van der Waals surface area contributed by atoms with Crippen molar-refractivity contribution in [3.05, 3.63) is 194 Å². The minimum atomic E-state index is 0.931. The maximum atomic E-state index is 5.39. The Kier molecular flexibility index (Phi) is 6.90. The Balaban J connectivity index is 1.21.